The van der Waals surface area contributed by atoms with Crippen LogP contribution in [0.25, 0.3) is 6.08 Å². The van der Waals surface area contributed by atoms with Crippen LogP contribution in [0.3, 0.4) is 0 Å². The van der Waals surface area contributed by atoms with Gasteiger partial charge in [0, 0.05) is 17.7 Å². The van der Waals surface area contributed by atoms with E-state index in [0.29, 0.717) is 12.8 Å². The van der Waals surface area contributed by atoms with Gasteiger partial charge in [-0.3, -0.25) is 9.59 Å². The van der Waals surface area contributed by atoms with E-state index in [9.17, 15) is 19.8 Å². The zero-order chi connectivity index (χ0) is 23.8. The number of aryl methyl sites for hydroxylation is 1. The molecule has 2 aliphatic heterocycles. The van der Waals surface area contributed by atoms with Gasteiger partial charge in [-0.1, -0.05) is 27.7 Å². The molecule has 2 fully saturated rings. The van der Waals surface area contributed by atoms with E-state index in [2.05, 4.69) is 4.98 Å². The molecule has 0 aliphatic carbocycles. The van der Waals surface area contributed by atoms with Crippen molar-refractivity contribution in [2.75, 3.05) is 0 Å². The second kappa shape index (κ2) is 9.71. The number of hydrogen-bond acceptors (Lipinski definition) is 8. The number of aliphatic hydroxyl groups excluding tert-OH is 2. The highest BCUT2D eigenvalue weighted by atomic mass is 32.1. The Morgan fingerprint density at radius 1 is 1.22 bits per heavy atom. The minimum absolute atomic E-state index is 0.0426. The number of ether oxygens (including phenoxy) is 2. The summed E-state index contributed by atoms with van der Waals surface area (Å²) in [5.74, 6) is -1.64. The fraction of sp³-hybridized carbons (Fsp3) is 0.708. The predicted molar refractivity (Wildman–Crippen MR) is 122 cm³/mol. The van der Waals surface area contributed by atoms with E-state index in [4.69, 9.17) is 9.47 Å². The van der Waals surface area contributed by atoms with Crippen LogP contribution in [0.15, 0.2) is 11.0 Å². The van der Waals surface area contributed by atoms with Crippen molar-refractivity contribution < 1.29 is 29.3 Å². The van der Waals surface area contributed by atoms with Crippen LogP contribution in [-0.2, 0) is 19.1 Å². The van der Waals surface area contributed by atoms with Crippen LogP contribution in [-0.4, -0.2) is 57.5 Å². The molecule has 0 amide bonds. The standard InChI is InChI=1S/C24H35NO6S/c1-12(7-16-11-32-15(4)25-16)17-9-19-18(30-19)8-13(2)22(28)14(3)23(29)24(5,6)20(26)10-21(27)31-17/h7,11,13-14,17-20,22,26,28H,8-10H2,1-6H3/b12-7+/t13-,14+,17-,18+,19-,20-,22-/m0/s1. The largest absolute Gasteiger partial charge is 0.458 e. The maximum absolute atomic E-state index is 13.1. The molecule has 0 spiro atoms. The summed E-state index contributed by atoms with van der Waals surface area (Å²) in [4.78, 5) is 30.2. The third-order valence-electron chi connectivity index (χ3n) is 6.87. The number of thiazole rings is 1. The third kappa shape index (κ3) is 5.65. The number of ketones is 1. The second-order valence-corrected chi connectivity index (χ2v) is 11.0. The summed E-state index contributed by atoms with van der Waals surface area (Å²) >= 11 is 1.55. The van der Waals surface area contributed by atoms with Gasteiger partial charge in [0.1, 0.15) is 11.9 Å². The quantitative estimate of drug-likeness (QED) is 0.509. The normalized spacial score (nSPS) is 36.8. The molecule has 0 saturated carbocycles. The summed E-state index contributed by atoms with van der Waals surface area (Å²) in [5.41, 5.74) is 0.461. The molecular weight excluding hydrogens is 430 g/mol. The third-order valence-corrected chi connectivity index (χ3v) is 7.66. The maximum atomic E-state index is 13.1. The summed E-state index contributed by atoms with van der Waals surface area (Å²) in [6.45, 7) is 10.6. The summed E-state index contributed by atoms with van der Waals surface area (Å²) in [6, 6.07) is 0. The van der Waals surface area contributed by atoms with Crippen LogP contribution < -0.4 is 0 Å². The molecule has 2 saturated heterocycles. The lowest BCUT2D eigenvalue weighted by molar-refractivity contribution is -0.154. The van der Waals surface area contributed by atoms with Crippen molar-refractivity contribution in [3.05, 3.63) is 21.7 Å². The smallest absolute Gasteiger partial charge is 0.309 e. The molecule has 1 aromatic rings. The van der Waals surface area contributed by atoms with E-state index in [1.165, 1.54) is 0 Å². The van der Waals surface area contributed by atoms with Gasteiger partial charge in [0.05, 0.1) is 47.0 Å². The van der Waals surface area contributed by atoms with Crippen LogP contribution in [0.2, 0.25) is 0 Å². The zero-order valence-electron chi connectivity index (χ0n) is 19.7. The molecule has 3 heterocycles. The van der Waals surface area contributed by atoms with Gasteiger partial charge in [0.2, 0.25) is 0 Å². The minimum Gasteiger partial charge on any atom is -0.458 e. The number of esters is 1. The molecule has 0 radical (unpaired) electrons. The van der Waals surface area contributed by atoms with Crippen molar-refractivity contribution in [3.8, 4) is 0 Å². The van der Waals surface area contributed by atoms with E-state index in [1.807, 2.05) is 32.2 Å². The molecule has 0 aromatic carbocycles. The number of aliphatic hydroxyl groups is 2. The monoisotopic (exact) mass is 465 g/mol. The van der Waals surface area contributed by atoms with Crippen LogP contribution >= 0.6 is 11.3 Å². The Labute approximate surface area is 193 Å². The fourth-order valence-electron chi connectivity index (χ4n) is 4.43. The fourth-order valence-corrected chi connectivity index (χ4v) is 5.00. The molecule has 7 nitrogen and oxygen atoms in total. The van der Waals surface area contributed by atoms with Gasteiger partial charge in [-0.05, 0) is 37.8 Å². The Morgan fingerprint density at radius 3 is 2.50 bits per heavy atom. The predicted octanol–water partition coefficient (Wildman–Crippen LogP) is 3.31. The Kier molecular flexibility index (Phi) is 7.59. The van der Waals surface area contributed by atoms with Crippen molar-refractivity contribution >= 4 is 29.2 Å². The molecule has 32 heavy (non-hydrogen) atoms. The number of cyclic esters (lactones) is 1. The van der Waals surface area contributed by atoms with Gasteiger partial charge in [0.15, 0.2) is 0 Å². The van der Waals surface area contributed by atoms with Gasteiger partial charge in [0.25, 0.3) is 0 Å². The first-order valence-electron chi connectivity index (χ1n) is 11.3. The number of carbonyl (C=O) groups excluding carboxylic acids is 2. The maximum Gasteiger partial charge on any atom is 0.309 e. The highest BCUT2D eigenvalue weighted by Gasteiger charge is 2.46. The summed E-state index contributed by atoms with van der Waals surface area (Å²) in [7, 11) is 0. The lowest BCUT2D eigenvalue weighted by Crippen LogP contribution is -2.46. The van der Waals surface area contributed by atoms with E-state index in [1.54, 1.807) is 32.1 Å². The van der Waals surface area contributed by atoms with Gasteiger partial charge in [-0.25, -0.2) is 4.98 Å². The molecule has 3 rings (SSSR count). The first-order valence-corrected chi connectivity index (χ1v) is 12.1. The Bertz CT molecular complexity index is 878. The van der Waals surface area contributed by atoms with Crippen molar-refractivity contribution in [3.63, 3.8) is 0 Å². The minimum atomic E-state index is -1.22. The molecular formula is C24H35NO6S. The van der Waals surface area contributed by atoms with E-state index in [0.717, 1.165) is 16.3 Å². The Balaban J connectivity index is 1.85. The average molecular weight is 466 g/mol. The SMILES string of the molecule is C/C(=C\c1csc(C)n1)[C@@H]1C[C@@H]2O[C@@H]2C[C@H](C)[C@H](O)[C@@H](C)C(=O)C(C)(C)[C@@H](O)CC(=O)O1. The van der Waals surface area contributed by atoms with Crippen molar-refractivity contribution in [1.29, 1.82) is 0 Å². The molecule has 178 valence electrons. The van der Waals surface area contributed by atoms with Crippen molar-refractivity contribution in [2.45, 2.75) is 91.3 Å². The van der Waals surface area contributed by atoms with Gasteiger partial charge in [-0.2, -0.15) is 0 Å². The molecule has 2 aliphatic rings. The topological polar surface area (TPSA) is 109 Å². The van der Waals surface area contributed by atoms with Crippen LogP contribution in [0.5, 0.6) is 0 Å². The highest BCUT2D eigenvalue weighted by Crippen LogP contribution is 2.38. The number of epoxide rings is 1. The second-order valence-electron chi connectivity index (χ2n) is 9.91. The summed E-state index contributed by atoms with van der Waals surface area (Å²) < 4.78 is 11.6. The lowest BCUT2D eigenvalue weighted by Gasteiger charge is -2.34. The van der Waals surface area contributed by atoms with Crippen LogP contribution in [0.1, 0.15) is 64.6 Å². The first-order chi connectivity index (χ1) is 14.9. The van der Waals surface area contributed by atoms with Crippen LogP contribution in [0.4, 0.5) is 0 Å². The molecule has 7 atom stereocenters. The zero-order valence-corrected chi connectivity index (χ0v) is 20.5. The number of fused-ring (bicyclic) bond motifs is 1. The number of hydrogen-bond donors (Lipinski definition) is 2. The Morgan fingerprint density at radius 2 is 1.88 bits per heavy atom. The van der Waals surface area contributed by atoms with Gasteiger partial charge >= 0.3 is 5.97 Å². The average Bonchev–Trinajstić information content (AvgIpc) is 3.31. The lowest BCUT2D eigenvalue weighted by atomic mass is 9.73. The molecule has 0 unspecified atom stereocenters. The summed E-state index contributed by atoms with van der Waals surface area (Å²) in [5, 5.41) is 24.4. The van der Waals surface area contributed by atoms with Crippen molar-refractivity contribution in [2.24, 2.45) is 17.3 Å². The number of Topliss-reactive ketones (excluding diaryl/α,β-unsaturated/α-hetero) is 1. The van der Waals surface area contributed by atoms with E-state index in [-0.39, 0.29) is 30.3 Å². The number of nitrogens with zero attached hydrogens (tertiary/aromatic N) is 1. The van der Waals surface area contributed by atoms with Crippen LogP contribution in [0, 0.1) is 24.2 Å². The molecule has 2 N–H and O–H groups in total. The molecule has 8 heteroatoms. The number of carbonyl (C=O) groups is 2. The number of aromatic nitrogens is 1. The Hall–Kier alpha value is -1.61. The first kappa shape index (κ1) is 25.0. The molecule has 0 bridgehead atoms. The number of rotatable bonds is 2. The van der Waals surface area contributed by atoms with Gasteiger partial charge < -0.3 is 19.7 Å². The van der Waals surface area contributed by atoms with Crippen molar-refractivity contribution in [1.82, 2.24) is 4.98 Å². The van der Waals surface area contributed by atoms with E-state index >= 15 is 0 Å². The highest BCUT2D eigenvalue weighted by molar-refractivity contribution is 7.09. The van der Waals surface area contributed by atoms with E-state index < -0.39 is 35.6 Å². The molecule has 1 aromatic heterocycles. The summed E-state index contributed by atoms with van der Waals surface area (Å²) in [6.07, 6.45) is 0.00106. The van der Waals surface area contributed by atoms with Gasteiger partial charge in [-0.15, -0.1) is 11.3 Å².